The maximum Gasteiger partial charge on any atom is 0.254 e. The Balaban J connectivity index is 2.21. The molecule has 1 amide bonds. The summed E-state index contributed by atoms with van der Waals surface area (Å²) >= 11 is 0. The lowest BCUT2D eigenvalue weighted by Crippen LogP contribution is -2.31. The van der Waals surface area contributed by atoms with Crippen LogP contribution in [0.1, 0.15) is 28.4 Å². The molecule has 0 bridgehead atoms. The molecule has 0 heterocycles. The fraction of sp³-hybridized carbons (Fsp3) is 0.211. The van der Waals surface area contributed by atoms with E-state index >= 15 is 0 Å². The van der Waals surface area contributed by atoms with Gasteiger partial charge in [0.2, 0.25) is 10.0 Å². The van der Waals surface area contributed by atoms with Crippen LogP contribution in [0.25, 0.3) is 6.08 Å². The summed E-state index contributed by atoms with van der Waals surface area (Å²) in [7, 11) is -3.85. The molecule has 0 aliphatic heterocycles. The first kappa shape index (κ1) is 18.9. The number of likely N-dealkylation sites (N-methyl/N-ethyl adjacent to an activating group) is 1. The Bertz CT molecular complexity index is 875. The van der Waals surface area contributed by atoms with Crippen LogP contribution in [0.2, 0.25) is 0 Å². The molecule has 2 aromatic rings. The Labute approximate surface area is 148 Å². The lowest BCUT2D eigenvalue weighted by Gasteiger charge is -2.20. The van der Waals surface area contributed by atoms with Crippen molar-refractivity contribution >= 4 is 22.0 Å². The SMILES string of the molecule is CCN(C/C=C/c1ccccc1)C(=O)c1cc(S(N)(=O)=O)ccc1C. The van der Waals surface area contributed by atoms with E-state index in [1.165, 1.54) is 12.1 Å². The fourth-order valence-corrected chi connectivity index (χ4v) is 2.95. The van der Waals surface area contributed by atoms with E-state index in [1.807, 2.05) is 49.4 Å². The molecule has 0 aromatic heterocycles. The molecule has 0 saturated carbocycles. The number of primary sulfonamides is 1. The Hall–Kier alpha value is -2.44. The van der Waals surface area contributed by atoms with Gasteiger partial charge in [-0.3, -0.25) is 4.79 Å². The number of hydrogen-bond donors (Lipinski definition) is 1. The molecule has 2 aromatic carbocycles. The number of nitrogens with two attached hydrogens (primary N) is 1. The third-order valence-corrected chi connectivity index (χ3v) is 4.78. The standard InChI is InChI=1S/C19H22N2O3S/c1-3-21(13-7-10-16-8-5-4-6-9-16)19(22)18-14-17(25(20,23)24)12-11-15(18)2/h4-12,14H,3,13H2,1-2H3,(H2,20,23,24)/b10-7+. The molecule has 2 rings (SSSR count). The van der Waals surface area contributed by atoms with Crippen LogP contribution in [0.3, 0.4) is 0 Å². The van der Waals surface area contributed by atoms with Crippen molar-refractivity contribution in [2.75, 3.05) is 13.1 Å². The van der Waals surface area contributed by atoms with E-state index in [4.69, 9.17) is 5.14 Å². The third-order valence-electron chi connectivity index (χ3n) is 3.87. The van der Waals surface area contributed by atoms with Gasteiger partial charge in [-0.15, -0.1) is 0 Å². The van der Waals surface area contributed by atoms with Gasteiger partial charge in [-0.2, -0.15) is 0 Å². The van der Waals surface area contributed by atoms with E-state index in [-0.39, 0.29) is 10.8 Å². The molecule has 6 heteroatoms. The van der Waals surface area contributed by atoms with E-state index in [0.29, 0.717) is 24.2 Å². The normalized spacial score (nSPS) is 11.6. The van der Waals surface area contributed by atoms with E-state index in [9.17, 15) is 13.2 Å². The van der Waals surface area contributed by atoms with E-state index in [2.05, 4.69) is 0 Å². The Kier molecular flexibility index (Phi) is 6.12. The quantitative estimate of drug-likeness (QED) is 0.862. The highest BCUT2D eigenvalue weighted by Gasteiger charge is 2.18. The molecule has 0 unspecified atom stereocenters. The zero-order valence-corrected chi connectivity index (χ0v) is 15.2. The minimum absolute atomic E-state index is 0.0580. The number of carbonyl (C=O) groups is 1. The second kappa shape index (κ2) is 8.09. The van der Waals surface area contributed by atoms with Crippen LogP contribution in [0.5, 0.6) is 0 Å². The van der Waals surface area contributed by atoms with Gasteiger partial charge in [0.15, 0.2) is 0 Å². The summed E-state index contributed by atoms with van der Waals surface area (Å²) in [5.74, 6) is -0.219. The molecule has 0 fully saturated rings. The highest BCUT2D eigenvalue weighted by atomic mass is 32.2. The van der Waals surface area contributed by atoms with Gasteiger partial charge in [-0.05, 0) is 37.1 Å². The minimum Gasteiger partial charge on any atom is -0.335 e. The van der Waals surface area contributed by atoms with Crippen molar-refractivity contribution in [1.82, 2.24) is 4.90 Å². The molecular weight excluding hydrogens is 336 g/mol. The topological polar surface area (TPSA) is 80.5 Å². The van der Waals surface area contributed by atoms with Crippen LogP contribution >= 0.6 is 0 Å². The average Bonchev–Trinajstić information content (AvgIpc) is 2.58. The van der Waals surface area contributed by atoms with Crippen molar-refractivity contribution in [2.45, 2.75) is 18.7 Å². The Morgan fingerprint density at radius 2 is 1.84 bits per heavy atom. The van der Waals surface area contributed by atoms with Gasteiger partial charge in [-0.1, -0.05) is 48.6 Å². The van der Waals surface area contributed by atoms with Crippen molar-refractivity contribution in [1.29, 1.82) is 0 Å². The molecule has 132 valence electrons. The first-order chi connectivity index (χ1) is 11.8. The summed E-state index contributed by atoms with van der Waals surface area (Å²) < 4.78 is 23.1. The first-order valence-corrected chi connectivity index (χ1v) is 9.52. The second-order valence-electron chi connectivity index (χ2n) is 5.68. The van der Waals surface area contributed by atoms with Gasteiger partial charge in [0.25, 0.3) is 5.91 Å². The van der Waals surface area contributed by atoms with E-state index < -0.39 is 10.0 Å². The van der Waals surface area contributed by atoms with Crippen LogP contribution in [-0.2, 0) is 10.0 Å². The minimum atomic E-state index is -3.85. The van der Waals surface area contributed by atoms with E-state index in [0.717, 1.165) is 5.56 Å². The molecule has 5 nitrogen and oxygen atoms in total. The third kappa shape index (κ3) is 5.01. The Morgan fingerprint density at radius 3 is 2.44 bits per heavy atom. The summed E-state index contributed by atoms with van der Waals surface area (Å²) in [6.45, 7) is 4.60. The number of benzene rings is 2. The zero-order chi connectivity index (χ0) is 18.4. The maximum atomic E-state index is 12.8. The van der Waals surface area contributed by atoms with Crippen LogP contribution in [-0.4, -0.2) is 32.3 Å². The van der Waals surface area contributed by atoms with Crippen molar-refractivity contribution in [3.63, 3.8) is 0 Å². The molecule has 0 aliphatic rings. The number of hydrogen-bond acceptors (Lipinski definition) is 3. The summed E-state index contributed by atoms with van der Waals surface area (Å²) in [5.41, 5.74) is 2.11. The summed E-state index contributed by atoms with van der Waals surface area (Å²) in [5, 5.41) is 5.17. The molecule has 0 saturated heterocycles. The monoisotopic (exact) mass is 358 g/mol. The van der Waals surface area contributed by atoms with Crippen LogP contribution < -0.4 is 5.14 Å². The van der Waals surface area contributed by atoms with Gasteiger partial charge >= 0.3 is 0 Å². The number of nitrogens with zero attached hydrogens (tertiary/aromatic N) is 1. The molecule has 0 radical (unpaired) electrons. The van der Waals surface area contributed by atoms with Crippen LogP contribution in [0.4, 0.5) is 0 Å². The summed E-state index contributed by atoms with van der Waals surface area (Å²) in [6.07, 6.45) is 3.86. The van der Waals surface area contributed by atoms with Crippen molar-refractivity contribution < 1.29 is 13.2 Å². The number of amides is 1. The largest absolute Gasteiger partial charge is 0.335 e. The lowest BCUT2D eigenvalue weighted by atomic mass is 10.1. The van der Waals surface area contributed by atoms with Crippen molar-refractivity contribution in [2.24, 2.45) is 5.14 Å². The van der Waals surface area contributed by atoms with Gasteiger partial charge in [-0.25, -0.2) is 13.6 Å². The van der Waals surface area contributed by atoms with Crippen molar-refractivity contribution in [3.8, 4) is 0 Å². The maximum absolute atomic E-state index is 12.8. The molecule has 2 N–H and O–H groups in total. The van der Waals surface area contributed by atoms with Gasteiger partial charge in [0, 0.05) is 18.7 Å². The van der Waals surface area contributed by atoms with Crippen LogP contribution in [0, 0.1) is 6.92 Å². The predicted molar refractivity (Wildman–Crippen MR) is 99.6 cm³/mol. The first-order valence-electron chi connectivity index (χ1n) is 7.97. The van der Waals surface area contributed by atoms with Gasteiger partial charge < -0.3 is 4.90 Å². The molecule has 0 aliphatic carbocycles. The smallest absolute Gasteiger partial charge is 0.254 e. The Morgan fingerprint density at radius 1 is 1.16 bits per heavy atom. The lowest BCUT2D eigenvalue weighted by molar-refractivity contribution is 0.0781. The predicted octanol–water partition coefficient (Wildman–Crippen LogP) is 2.82. The summed E-state index contributed by atoms with van der Waals surface area (Å²) in [4.78, 5) is 14.4. The highest BCUT2D eigenvalue weighted by molar-refractivity contribution is 7.89. The number of carbonyl (C=O) groups excluding carboxylic acids is 1. The summed E-state index contributed by atoms with van der Waals surface area (Å²) in [6, 6.07) is 14.2. The van der Waals surface area contributed by atoms with Crippen LogP contribution in [0.15, 0.2) is 59.5 Å². The van der Waals surface area contributed by atoms with E-state index in [1.54, 1.807) is 17.9 Å². The second-order valence-corrected chi connectivity index (χ2v) is 7.24. The molecule has 0 spiro atoms. The van der Waals surface area contributed by atoms with Crippen molar-refractivity contribution in [3.05, 3.63) is 71.3 Å². The van der Waals surface area contributed by atoms with Gasteiger partial charge in [0.1, 0.15) is 0 Å². The average molecular weight is 358 g/mol. The number of aryl methyl sites for hydroxylation is 1. The fourth-order valence-electron chi connectivity index (χ4n) is 2.41. The highest BCUT2D eigenvalue weighted by Crippen LogP contribution is 2.17. The number of rotatable bonds is 6. The number of sulfonamides is 1. The zero-order valence-electron chi connectivity index (χ0n) is 14.3. The molecule has 25 heavy (non-hydrogen) atoms. The molecule has 0 atom stereocenters. The van der Waals surface area contributed by atoms with Gasteiger partial charge in [0.05, 0.1) is 4.90 Å². The molecular formula is C19H22N2O3S.